The van der Waals surface area contributed by atoms with Crippen LogP contribution in [0.4, 0.5) is 5.13 Å². The Labute approximate surface area is 160 Å². The van der Waals surface area contributed by atoms with Crippen LogP contribution < -0.4 is 14.8 Å². The highest BCUT2D eigenvalue weighted by atomic mass is 32.1. The second-order valence-electron chi connectivity index (χ2n) is 6.46. The number of aryl methyl sites for hydroxylation is 1. The van der Waals surface area contributed by atoms with Crippen molar-refractivity contribution in [2.75, 3.05) is 19.5 Å². The van der Waals surface area contributed by atoms with E-state index in [4.69, 9.17) is 14.0 Å². The van der Waals surface area contributed by atoms with Crippen molar-refractivity contribution in [3.8, 4) is 22.8 Å². The standard InChI is InChI=1S/C19H19N3O4S/c1-11-10-20-18(27-11)21-17(23)19(6-7-19)16-9-14(26-22-16)12-4-5-13(24-2)15(8-12)25-3/h4-5,8-10H,6-7H2,1-3H3,(H,20,21,23). The van der Waals surface area contributed by atoms with Crippen molar-refractivity contribution in [1.82, 2.24) is 10.1 Å². The average Bonchev–Trinajstić information content (AvgIpc) is 3.16. The minimum Gasteiger partial charge on any atom is -0.493 e. The van der Waals surface area contributed by atoms with Crippen LogP contribution in [0.25, 0.3) is 11.3 Å². The first-order valence-electron chi connectivity index (χ1n) is 8.49. The van der Waals surface area contributed by atoms with E-state index in [2.05, 4.69) is 15.5 Å². The molecule has 1 amide bonds. The summed E-state index contributed by atoms with van der Waals surface area (Å²) in [5.41, 5.74) is 0.800. The summed E-state index contributed by atoms with van der Waals surface area (Å²) in [6, 6.07) is 7.31. The Morgan fingerprint density at radius 2 is 2.00 bits per heavy atom. The van der Waals surface area contributed by atoms with Crippen LogP contribution in [0.3, 0.4) is 0 Å². The number of carbonyl (C=O) groups excluding carboxylic acids is 1. The summed E-state index contributed by atoms with van der Waals surface area (Å²) in [6.45, 7) is 1.95. The average molecular weight is 385 g/mol. The van der Waals surface area contributed by atoms with E-state index in [9.17, 15) is 4.79 Å². The van der Waals surface area contributed by atoms with Crippen LogP contribution >= 0.6 is 11.3 Å². The van der Waals surface area contributed by atoms with Crippen LogP contribution in [0.2, 0.25) is 0 Å². The lowest BCUT2D eigenvalue weighted by atomic mass is 10.0. The third kappa shape index (κ3) is 3.16. The maximum Gasteiger partial charge on any atom is 0.238 e. The molecular weight excluding hydrogens is 366 g/mol. The molecule has 8 heteroatoms. The van der Waals surface area contributed by atoms with E-state index in [-0.39, 0.29) is 5.91 Å². The van der Waals surface area contributed by atoms with Gasteiger partial charge in [-0.2, -0.15) is 0 Å². The smallest absolute Gasteiger partial charge is 0.238 e. The third-order valence-corrected chi connectivity index (χ3v) is 5.52. The second kappa shape index (κ2) is 6.70. The Morgan fingerprint density at radius 3 is 2.63 bits per heavy atom. The first kappa shape index (κ1) is 17.5. The molecule has 7 nitrogen and oxygen atoms in total. The Balaban J connectivity index is 1.58. The molecule has 1 aliphatic carbocycles. The van der Waals surface area contributed by atoms with Gasteiger partial charge in [-0.05, 0) is 38.0 Å². The summed E-state index contributed by atoms with van der Waals surface area (Å²) in [7, 11) is 3.17. The molecule has 0 saturated heterocycles. The summed E-state index contributed by atoms with van der Waals surface area (Å²) >= 11 is 1.45. The number of benzene rings is 1. The number of aromatic nitrogens is 2. The summed E-state index contributed by atoms with van der Waals surface area (Å²) in [4.78, 5) is 18.0. The second-order valence-corrected chi connectivity index (χ2v) is 7.69. The van der Waals surface area contributed by atoms with E-state index in [0.717, 1.165) is 23.3 Å². The third-order valence-electron chi connectivity index (χ3n) is 4.69. The van der Waals surface area contributed by atoms with E-state index in [1.165, 1.54) is 11.3 Å². The molecule has 0 aliphatic heterocycles. The number of hydrogen-bond donors (Lipinski definition) is 1. The molecule has 1 N–H and O–H groups in total. The highest BCUT2D eigenvalue weighted by Gasteiger charge is 2.54. The Hall–Kier alpha value is -2.87. The van der Waals surface area contributed by atoms with Crippen LogP contribution in [-0.4, -0.2) is 30.3 Å². The monoisotopic (exact) mass is 385 g/mol. The van der Waals surface area contributed by atoms with Crippen molar-refractivity contribution in [1.29, 1.82) is 0 Å². The minimum absolute atomic E-state index is 0.0935. The topological polar surface area (TPSA) is 86.5 Å². The van der Waals surface area contributed by atoms with Crippen LogP contribution in [0.5, 0.6) is 11.5 Å². The summed E-state index contributed by atoms with van der Waals surface area (Å²) in [5.74, 6) is 1.72. The van der Waals surface area contributed by atoms with Crippen LogP contribution in [0.15, 0.2) is 35.0 Å². The zero-order valence-electron chi connectivity index (χ0n) is 15.2. The summed E-state index contributed by atoms with van der Waals surface area (Å²) < 4.78 is 16.1. The maximum atomic E-state index is 12.8. The lowest BCUT2D eigenvalue weighted by Gasteiger charge is -2.10. The van der Waals surface area contributed by atoms with E-state index < -0.39 is 5.41 Å². The highest BCUT2D eigenvalue weighted by Crippen LogP contribution is 2.49. The Morgan fingerprint density at radius 1 is 1.22 bits per heavy atom. The minimum atomic E-state index is -0.641. The van der Waals surface area contributed by atoms with Crippen molar-refractivity contribution in [2.45, 2.75) is 25.2 Å². The van der Waals surface area contributed by atoms with Crippen molar-refractivity contribution >= 4 is 22.4 Å². The molecule has 1 saturated carbocycles. The molecule has 0 atom stereocenters. The predicted octanol–water partition coefficient (Wildman–Crippen LogP) is 3.79. The Bertz CT molecular complexity index is 991. The van der Waals surface area contributed by atoms with Gasteiger partial charge < -0.3 is 19.3 Å². The van der Waals surface area contributed by atoms with Crippen molar-refractivity contribution < 1.29 is 18.8 Å². The fourth-order valence-corrected chi connectivity index (χ4v) is 3.64. The van der Waals surface area contributed by atoms with Gasteiger partial charge >= 0.3 is 0 Å². The molecule has 0 radical (unpaired) electrons. The zero-order chi connectivity index (χ0) is 19.0. The van der Waals surface area contributed by atoms with Crippen LogP contribution in [0.1, 0.15) is 23.4 Å². The first-order chi connectivity index (χ1) is 13.1. The van der Waals surface area contributed by atoms with Crippen LogP contribution in [-0.2, 0) is 10.2 Å². The zero-order valence-corrected chi connectivity index (χ0v) is 16.1. The fraction of sp³-hybridized carbons (Fsp3) is 0.316. The van der Waals surface area contributed by atoms with Gasteiger partial charge in [0, 0.05) is 22.7 Å². The Kier molecular flexibility index (Phi) is 4.35. The van der Waals surface area contributed by atoms with Gasteiger partial charge in [0.05, 0.1) is 25.3 Å². The largest absolute Gasteiger partial charge is 0.493 e. The molecule has 1 aromatic carbocycles. The molecule has 4 rings (SSSR count). The van der Waals surface area contributed by atoms with Gasteiger partial charge in [0.1, 0.15) is 0 Å². The van der Waals surface area contributed by atoms with Gasteiger partial charge in [0.25, 0.3) is 0 Å². The number of anilines is 1. The molecule has 1 aliphatic rings. The van der Waals surface area contributed by atoms with Crippen molar-refractivity contribution in [3.63, 3.8) is 0 Å². The highest BCUT2D eigenvalue weighted by molar-refractivity contribution is 7.15. The van der Waals surface area contributed by atoms with Crippen molar-refractivity contribution in [3.05, 3.63) is 41.0 Å². The number of amides is 1. The van der Waals surface area contributed by atoms with E-state index in [0.29, 0.717) is 28.1 Å². The summed E-state index contributed by atoms with van der Waals surface area (Å²) in [5, 5.41) is 7.67. The maximum absolute atomic E-state index is 12.8. The number of methoxy groups -OCH3 is 2. The molecule has 140 valence electrons. The molecular formula is C19H19N3O4S. The fourth-order valence-electron chi connectivity index (χ4n) is 2.98. The molecule has 0 unspecified atom stereocenters. The van der Waals surface area contributed by atoms with E-state index in [1.807, 2.05) is 25.1 Å². The molecule has 1 fully saturated rings. The lowest BCUT2D eigenvalue weighted by Crippen LogP contribution is -2.28. The van der Waals surface area contributed by atoms with Gasteiger partial charge in [-0.25, -0.2) is 4.98 Å². The molecule has 2 aromatic heterocycles. The van der Waals surface area contributed by atoms with E-state index >= 15 is 0 Å². The summed E-state index contributed by atoms with van der Waals surface area (Å²) in [6.07, 6.45) is 3.22. The van der Waals surface area contributed by atoms with Gasteiger partial charge in [0.15, 0.2) is 22.4 Å². The van der Waals surface area contributed by atoms with Gasteiger partial charge in [-0.15, -0.1) is 11.3 Å². The van der Waals surface area contributed by atoms with Crippen molar-refractivity contribution in [2.24, 2.45) is 0 Å². The predicted molar refractivity (Wildman–Crippen MR) is 101 cm³/mol. The number of carbonyl (C=O) groups is 1. The SMILES string of the molecule is COc1ccc(-c2cc(C3(C(=O)Nc4ncc(C)s4)CC3)no2)cc1OC. The normalized spacial score (nSPS) is 14.6. The number of ether oxygens (including phenoxy) is 2. The van der Waals surface area contributed by atoms with Crippen LogP contribution in [0, 0.1) is 6.92 Å². The molecule has 0 spiro atoms. The number of thiazole rings is 1. The van der Waals surface area contributed by atoms with E-state index in [1.54, 1.807) is 26.5 Å². The number of hydrogen-bond acceptors (Lipinski definition) is 7. The number of rotatable bonds is 6. The molecule has 3 aromatic rings. The molecule has 27 heavy (non-hydrogen) atoms. The molecule has 0 bridgehead atoms. The number of nitrogens with zero attached hydrogens (tertiary/aromatic N) is 2. The van der Waals surface area contributed by atoms with Gasteiger partial charge in [-0.3, -0.25) is 4.79 Å². The molecule has 2 heterocycles. The first-order valence-corrected chi connectivity index (χ1v) is 9.31. The number of nitrogens with one attached hydrogen (secondary N) is 1. The van der Waals surface area contributed by atoms with Gasteiger partial charge in [0.2, 0.25) is 5.91 Å². The quantitative estimate of drug-likeness (QED) is 0.695. The lowest BCUT2D eigenvalue weighted by molar-refractivity contribution is -0.118. The van der Waals surface area contributed by atoms with Gasteiger partial charge in [-0.1, -0.05) is 5.16 Å².